The fourth-order valence-corrected chi connectivity index (χ4v) is 5.55. The zero-order chi connectivity index (χ0) is 31.5. The van der Waals surface area contributed by atoms with E-state index in [4.69, 9.17) is 37.4 Å². The van der Waals surface area contributed by atoms with Crippen molar-refractivity contribution in [1.29, 1.82) is 0 Å². The lowest BCUT2D eigenvalue weighted by Crippen LogP contribution is -2.36. The summed E-state index contributed by atoms with van der Waals surface area (Å²) in [6.07, 6.45) is -3.22. The number of carbonyl (C=O) groups excluding carboxylic acids is 3. The molecule has 1 aliphatic heterocycles. The molecule has 0 aromatic heterocycles. The second kappa shape index (κ2) is 13.5. The molecule has 1 aliphatic rings. The molecule has 43 heavy (non-hydrogen) atoms. The van der Waals surface area contributed by atoms with Crippen LogP contribution in [0.15, 0.2) is 57.9 Å². The monoisotopic (exact) mass is 718 g/mol. The summed E-state index contributed by atoms with van der Waals surface area (Å²) >= 11 is 16.2. The Kier molecular flexibility index (Phi) is 10.2. The van der Waals surface area contributed by atoms with Gasteiger partial charge >= 0.3 is 6.18 Å². The van der Waals surface area contributed by atoms with Gasteiger partial charge in [0.2, 0.25) is 5.91 Å². The van der Waals surface area contributed by atoms with Gasteiger partial charge in [0.25, 0.3) is 11.1 Å². The molecule has 0 spiro atoms. The lowest BCUT2D eigenvalue weighted by atomic mass is 10.1. The number of amides is 3. The van der Waals surface area contributed by atoms with Gasteiger partial charge in [-0.3, -0.25) is 19.3 Å². The fraction of sp³-hybridized carbons (Fsp3) is 0.179. The van der Waals surface area contributed by atoms with E-state index in [1.807, 2.05) is 0 Å². The molecule has 3 amide bonds. The maximum Gasteiger partial charge on any atom is 0.416 e. The van der Waals surface area contributed by atoms with Crippen LogP contribution in [0, 0.1) is 0 Å². The largest absolute Gasteiger partial charge is 0.495 e. The summed E-state index contributed by atoms with van der Waals surface area (Å²) in [7, 11) is 2.65. The molecule has 3 aromatic rings. The number of carbonyl (C=O) groups is 3. The summed E-state index contributed by atoms with van der Waals surface area (Å²) in [5.74, 6) is -0.991. The van der Waals surface area contributed by atoms with Crippen LogP contribution in [0.3, 0.4) is 0 Å². The SMILES string of the molecule is COc1ccc(C(F)(F)F)cc1NC(=O)CN1C(=O)S/C(=C\c2cc(OC)c(OCc3ccc(Cl)cc3Cl)cc2Br)C1=O. The molecule has 3 aromatic carbocycles. The number of nitrogens with zero attached hydrogens (tertiary/aromatic N) is 1. The Morgan fingerprint density at radius 3 is 2.40 bits per heavy atom. The molecule has 1 fully saturated rings. The van der Waals surface area contributed by atoms with E-state index in [0.29, 0.717) is 59.9 Å². The summed E-state index contributed by atoms with van der Waals surface area (Å²) in [4.78, 5) is 39.0. The Hall–Kier alpha value is -3.39. The number of imide groups is 1. The van der Waals surface area contributed by atoms with Gasteiger partial charge in [0, 0.05) is 20.1 Å². The third-order valence-corrected chi connectivity index (χ3v) is 8.13. The first-order valence-corrected chi connectivity index (χ1v) is 14.4. The molecule has 1 N–H and O–H groups in total. The standard InChI is InChI=1S/C28H20BrCl2F3N2O6S/c1-40-21-6-4-16(28(32,33)34)9-20(21)35-25(37)12-36-26(38)24(43-27(36)39)8-15-7-22(41-2)23(11-18(15)29)42-13-14-3-5-17(30)10-19(14)31/h3-11H,12-13H2,1-2H3,(H,35,37)/b24-8-. The smallest absolute Gasteiger partial charge is 0.416 e. The van der Waals surface area contributed by atoms with E-state index < -0.39 is 35.3 Å². The number of hydrogen-bond donors (Lipinski definition) is 1. The minimum Gasteiger partial charge on any atom is -0.495 e. The topological polar surface area (TPSA) is 94.2 Å². The van der Waals surface area contributed by atoms with Crippen molar-refractivity contribution in [2.24, 2.45) is 0 Å². The van der Waals surface area contributed by atoms with Crippen LogP contribution in [0.4, 0.5) is 23.7 Å². The molecule has 0 bridgehead atoms. The van der Waals surface area contributed by atoms with E-state index in [-0.39, 0.29) is 22.9 Å². The van der Waals surface area contributed by atoms with E-state index in [1.54, 1.807) is 30.3 Å². The molecule has 15 heteroatoms. The van der Waals surface area contributed by atoms with Crippen LogP contribution in [-0.4, -0.2) is 42.7 Å². The second-order valence-electron chi connectivity index (χ2n) is 8.78. The lowest BCUT2D eigenvalue weighted by molar-refractivity contribution is -0.137. The zero-order valence-electron chi connectivity index (χ0n) is 22.2. The third-order valence-electron chi connectivity index (χ3n) is 5.94. The predicted molar refractivity (Wildman–Crippen MR) is 161 cm³/mol. The van der Waals surface area contributed by atoms with E-state index in [2.05, 4.69) is 21.2 Å². The van der Waals surface area contributed by atoms with Crippen LogP contribution >= 0.6 is 50.9 Å². The van der Waals surface area contributed by atoms with Crippen molar-refractivity contribution < 1.29 is 41.8 Å². The number of alkyl halides is 3. The summed E-state index contributed by atoms with van der Waals surface area (Å²) in [5, 5.41) is 2.46. The van der Waals surface area contributed by atoms with Crippen LogP contribution in [0.2, 0.25) is 10.0 Å². The summed E-state index contributed by atoms with van der Waals surface area (Å²) in [5.41, 5.74) is -0.111. The number of hydrogen-bond acceptors (Lipinski definition) is 7. The van der Waals surface area contributed by atoms with Crippen molar-refractivity contribution in [3.63, 3.8) is 0 Å². The molecule has 1 heterocycles. The highest BCUT2D eigenvalue weighted by Gasteiger charge is 2.37. The molecule has 0 unspecified atom stereocenters. The maximum atomic E-state index is 13.1. The molecule has 0 radical (unpaired) electrons. The minimum absolute atomic E-state index is 0.0128. The van der Waals surface area contributed by atoms with Crippen molar-refractivity contribution in [2.45, 2.75) is 12.8 Å². The van der Waals surface area contributed by atoms with Crippen LogP contribution in [0.25, 0.3) is 6.08 Å². The fourth-order valence-electron chi connectivity index (χ4n) is 3.82. The highest BCUT2D eigenvalue weighted by atomic mass is 79.9. The molecule has 0 atom stereocenters. The first kappa shape index (κ1) is 32.5. The van der Waals surface area contributed by atoms with Crippen molar-refractivity contribution in [3.05, 3.63) is 84.6 Å². The predicted octanol–water partition coefficient (Wildman–Crippen LogP) is 8.05. The molecule has 0 aliphatic carbocycles. The minimum atomic E-state index is -4.66. The number of benzene rings is 3. The van der Waals surface area contributed by atoms with E-state index in [0.717, 1.165) is 12.1 Å². The molecule has 4 rings (SSSR count). The number of ether oxygens (including phenoxy) is 3. The molecule has 8 nitrogen and oxygen atoms in total. The first-order valence-electron chi connectivity index (χ1n) is 12.1. The number of thioether (sulfide) groups is 1. The second-order valence-corrected chi connectivity index (χ2v) is 11.5. The van der Waals surface area contributed by atoms with Crippen LogP contribution in [0.5, 0.6) is 17.2 Å². The van der Waals surface area contributed by atoms with Gasteiger partial charge < -0.3 is 19.5 Å². The van der Waals surface area contributed by atoms with E-state index in [9.17, 15) is 27.6 Å². The molecular formula is C28H20BrCl2F3N2O6S. The number of halogens is 6. The average Bonchev–Trinajstić information content (AvgIpc) is 3.20. The Morgan fingerprint density at radius 2 is 1.74 bits per heavy atom. The van der Waals surface area contributed by atoms with Gasteiger partial charge in [-0.25, -0.2) is 0 Å². The van der Waals surface area contributed by atoms with Gasteiger partial charge in [-0.1, -0.05) is 45.2 Å². The van der Waals surface area contributed by atoms with Crippen molar-refractivity contribution >= 4 is 79.7 Å². The van der Waals surface area contributed by atoms with Crippen LogP contribution < -0.4 is 19.5 Å². The van der Waals surface area contributed by atoms with Gasteiger partial charge in [0.1, 0.15) is 18.9 Å². The van der Waals surface area contributed by atoms with Crippen LogP contribution in [-0.2, 0) is 22.4 Å². The summed E-state index contributed by atoms with van der Waals surface area (Å²) in [6, 6.07) is 10.8. The highest BCUT2D eigenvalue weighted by molar-refractivity contribution is 9.10. The zero-order valence-corrected chi connectivity index (χ0v) is 26.1. The number of rotatable bonds is 9. The third kappa shape index (κ3) is 7.77. The Bertz CT molecular complexity index is 1640. The van der Waals surface area contributed by atoms with Crippen LogP contribution in [0.1, 0.15) is 16.7 Å². The summed E-state index contributed by atoms with van der Waals surface area (Å²) in [6.45, 7) is -0.614. The molecule has 226 valence electrons. The Morgan fingerprint density at radius 1 is 1.02 bits per heavy atom. The van der Waals surface area contributed by atoms with E-state index in [1.165, 1.54) is 20.3 Å². The normalized spacial score (nSPS) is 14.3. The molecule has 0 saturated carbocycles. The quantitative estimate of drug-likeness (QED) is 0.224. The number of nitrogens with one attached hydrogen (secondary N) is 1. The van der Waals surface area contributed by atoms with Gasteiger partial charge in [0.05, 0.1) is 30.4 Å². The van der Waals surface area contributed by atoms with Crippen molar-refractivity contribution in [1.82, 2.24) is 4.90 Å². The van der Waals surface area contributed by atoms with Crippen molar-refractivity contribution in [2.75, 3.05) is 26.1 Å². The van der Waals surface area contributed by atoms with E-state index >= 15 is 0 Å². The maximum absolute atomic E-state index is 13.1. The van der Waals surface area contributed by atoms with Crippen molar-refractivity contribution in [3.8, 4) is 17.2 Å². The first-order chi connectivity index (χ1) is 20.3. The lowest BCUT2D eigenvalue weighted by Gasteiger charge is -2.16. The van der Waals surface area contributed by atoms with Gasteiger partial charge in [-0.15, -0.1) is 0 Å². The Labute approximate surface area is 266 Å². The van der Waals surface area contributed by atoms with Gasteiger partial charge in [-0.2, -0.15) is 13.2 Å². The molecule has 1 saturated heterocycles. The summed E-state index contributed by atoms with van der Waals surface area (Å²) < 4.78 is 56.3. The number of methoxy groups -OCH3 is 2. The van der Waals surface area contributed by atoms with Gasteiger partial charge in [-0.05, 0) is 65.9 Å². The highest BCUT2D eigenvalue weighted by Crippen LogP contribution is 2.39. The number of anilines is 1. The Balaban J connectivity index is 1.49. The van der Waals surface area contributed by atoms with Gasteiger partial charge in [0.15, 0.2) is 11.5 Å². The molecular weight excluding hydrogens is 700 g/mol. The average molecular weight is 720 g/mol.